The molecule has 0 saturated heterocycles. The molecule has 7 heteroatoms. The predicted octanol–water partition coefficient (Wildman–Crippen LogP) is 4.67. The average Bonchev–Trinajstić information content (AvgIpc) is 2.70. The first kappa shape index (κ1) is 21.4. The monoisotopic (exact) mass is 424 g/mol. The van der Waals surface area contributed by atoms with E-state index in [1.807, 2.05) is 32.9 Å². The number of carbonyl (C=O) groups is 1. The highest BCUT2D eigenvalue weighted by Crippen LogP contribution is 2.24. The zero-order valence-corrected chi connectivity index (χ0v) is 18.1. The van der Waals surface area contributed by atoms with Crippen LogP contribution < -0.4 is 14.8 Å². The van der Waals surface area contributed by atoms with Gasteiger partial charge in [-0.3, -0.25) is 9.52 Å². The number of carbonyl (C=O) groups excluding carboxylic acids is 1. The second kappa shape index (κ2) is 8.59. The van der Waals surface area contributed by atoms with E-state index in [0.717, 1.165) is 22.4 Å². The maximum absolute atomic E-state index is 12.8. The lowest BCUT2D eigenvalue weighted by Crippen LogP contribution is -2.16. The number of aryl methyl sites for hydroxylation is 3. The number of anilines is 2. The van der Waals surface area contributed by atoms with Gasteiger partial charge in [-0.2, -0.15) is 0 Å². The summed E-state index contributed by atoms with van der Waals surface area (Å²) < 4.78 is 32.9. The summed E-state index contributed by atoms with van der Waals surface area (Å²) in [5, 5.41) is 2.93. The van der Waals surface area contributed by atoms with Gasteiger partial charge in [0.1, 0.15) is 5.75 Å². The van der Waals surface area contributed by atoms with Crippen molar-refractivity contribution in [3.63, 3.8) is 0 Å². The van der Waals surface area contributed by atoms with Crippen molar-refractivity contribution in [2.24, 2.45) is 0 Å². The second-order valence-electron chi connectivity index (χ2n) is 7.09. The number of rotatable bonds is 6. The van der Waals surface area contributed by atoms with Crippen LogP contribution in [0.25, 0.3) is 0 Å². The molecule has 3 aromatic carbocycles. The third-order valence-electron chi connectivity index (χ3n) is 4.66. The van der Waals surface area contributed by atoms with Gasteiger partial charge in [0.25, 0.3) is 15.9 Å². The molecule has 0 aliphatic rings. The Morgan fingerprint density at radius 3 is 2.13 bits per heavy atom. The maximum atomic E-state index is 12.8. The number of hydrogen-bond donors (Lipinski definition) is 2. The van der Waals surface area contributed by atoms with Crippen LogP contribution in [0, 0.1) is 20.8 Å². The Hall–Kier alpha value is -3.32. The van der Waals surface area contributed by atoms with E-state index in [0.29, 0.717) is 17.0 Å². The molecule has 0 bridgehead atoms. The summed E-state index contributed by atoms with van der Waals surface area (Å²) in [7, 11) is -2.28. The van der Waals surface area contributed by atoms with Crippen LogP contribution >= 0.6 is 0 Å². The number of nitrogens with one attached hydrogen (secondary N) is 2. The van der Waals surface area contributed by atoms with Gasteiger partial charge in [0.05, 0.1) is 12.0 Å². The van der Waals surface area contributed by atoms with Crippen LogP contribution in [-0.4, -0.2) is 21.4 Å². The summed E-state index contributed by atoms with van der Waals surface area (Å²) in [6.45, 7) is 5.88. The van der Waals surface area contributed by atoms with E-state index in [9.17, 15) is 13.2 Å². The molecule has 0 saturated carbocycles. The maximum Gasteiger partial charge on any atom is 0.261 e. The third-order valence-corrected chi connectivity index (χ3v) is 6.06. The molecule has 0 heterocycles. The van der Waals surface area contributed by atoms with Gasteiger partial charge in [0.15, 0.2) is 0 Å². The molecule has 2 N–H and O–H groups in total. The molecule has 6 nitrogen and oxygen atoms in total. The third kappa shape index (κ3) is 4.80. The number of hydrogen-bond acceptors (Lipinski definition) is 4. The van der Waals surface area contributed by atoms with E-state index in [2.05, 4.69) is 10.0 Å². The summed E-state index contributed by atoms with van der Waals surface area (Å²) in [6, 6.07) is 16.4. The Kier molecular flexibility index (Phi) is 6.12. The molecule has 0 spiro atoms. The Morgan fingerprint density at radius 1 is 0.900 bits per heavy atom. The molecule has 3 rings (SSSR count). The molecule has 0 atom stereocenters. The smallest absolute Gasteiger partial charge is 0.261 e. The Morgan fingerprint density at radius 2 is 1.53 bits per heavy atom. The molecular weight excluding hydrogens is 400 g/mol. The van der Waals surface area contributed by atoms with Crippen LogP contribution in [0.4, 0.5) is 11.4 Å². The van der Waals surface area contributed by atoms with E-state index >= 15 is 0 Å². The molecular formula is C23H24N2O4S. The highest BCUT2D eigenvalue weighted by Gasteiger charge is 2.16. The van der Waals surface area contributed by atoms with Crippen molar-refractivity contribution in [3.8, 4) is 5.75 Å². The van der Waals surface area contributed by atoms with Gasteiger partial charge in [-0.25, -0.2) is 8.42 Å². The molecule has 1 amide bonds. The second-order valence-corrected chi connectivity index (χ2v) is 8.77. The standard InChI is InChI=1S/C23H24N2O4S/c1-15-12-16(2)22(17(3)13-15)24-23(26)18-6-5-7-19(14-18)25-30(27,28)21-10-8-20(29-4)9-11-21/h5-14,25H,1-4H3,(H,24,26). The van der Waals surface area contributed by atoms with Crippen molar-refractivity contribution in [2.75, 3.05) is 17.1 Å². The Bertz CT molecular complexity index is 1160. The van der Waals surface area contributed by atoms with Crippen LogP contribution in [0.2, 0.25) is 0 Å². The van der Waals surface area contributed by atoms with Crippen molar-refractivity contribution in [1.29, 1.82) is 0 Å². The highest BCUT2D eigenvalue weighted by atomic mass is 32.2. The van der Waals surface area contributed by atoms with Crippen molar-refractivity contribution in [3.05, 3.63) is 82.9 Å². The van der Waals surface area contributed by atoms with E-state index in [4.69, 9.17) is 4.74 Å². The number of methoxy groups -OCH3 is 1. The molecule has 30 heavy (non-hydrogen) atoms. The van der Waals surface area contributed by atoms with Gasteiger partial charge in [-0.1, -0.05) is 23.8 Å². The zero-order valence-electron chi connectivity index (χ0n) is 17.3. The minimum Gasteiger partial charge on any atom is -0.497 e. The molecule has 0 aliphatic carbocycles. The summed E-state index contributed by atoms with van der Waals surface area (Å²) in [4.78, 5) is 12.9. The first-order valence-electron chi connectivity index (χ1n) is 9.36. The Balaban J connectivity index is 1.81. The SMILES string of the molecule is COc1ccc(S(=O)(=O)Nc2cccc(C(=O)Nc3c(C)cc(C)cc3C)c2)cc1. The van der Waals surface area contributed by atoms with Crippen molar-refractivity contribution in [1.82, 2.24) is 0 Å². The van der Waals surface area contributed by atoms with Gasteiger partial charge in [0, 0.05) is 16.9 Å². The lowest BCUT2D eigenvalue weighted by molar-refractivity contribution is 0.102. The van der Waals surface area contributed by atoms with Gasteiger partial charge >= 0.3 is 0 Å². The lowest BCUT2D eigenvalue weighted by atomic mass is 10.0. The highest BCUT2D eigenvalue weighted by molar-refractivity contribution is 7.92. The number of benzene rings is 3. The van der Waals surface area contributed by atoms with Crippen LogP contribution in [-0.2, 0) is 10.0 Å². The fourth-order valence-corrected chi connectivity index (χ4v) is 4.31. The summed E-state index contributed by atoms with van der Waals surface area (Å²) in [5.74, 6) is 0.254. The quantitative estimate of drug-likeness (QED) is 0.602. The van der Waals surface area contributed by atoms with Gasteiger partial charge in [-0.15, -0.1) is 0 Å². The van der Waals surface area contributed by atoms with Gasteiger partial charge in [-0.05, 0) is 74.4 Å². The molecule has 0 unspecified atom stereocenters. The van der Waals surface area contributed by atoms with Gasteiger partial charge < -0.3 is 10.1 Å². The lowest BCUT2D eigenvalue weighted by Gasteiger charge is -2.14. The van der Waals surface area contributed by atoms with Crippen molar-refractivity contribution in [2.45, 2.75) is 25.7 Å². The topological polar surface area (TPSA) is 84.5 Å². The molecule has 0 fully saturated rings. The van der Waals surface area contributed by atoms with Crippen molar-refractivity contribution >= 4 is 27.3 Å². The normalized spacial score (nSPS) is 11.1. The number of sulfonamides is 1. The molecule has 0 radical (unpaired) electrons. The van der Waals surface area contributed by atoms with Crippen LogP contribution in [0.15, 0.2) is 65.6 Å². The number of ether oxygens (including phenoxy) is 1. The van der Waals surface area contributed by atoms with Crippen molar-refractivity contribution < 1.29 is 17.9 Å². The molecule has 0 aliphatic heterocycles. The van der Waals surface area contributed by atoms with E-state index in [1.54, 1.807) is 30.3 Å². The minimum absolute atomic E-state index is 0.101. The average molecular weight is 425 g/mol. The Labute approximate surface area is 177 Å². The first-order valence-corrected chi connectivity index (χ1v) is 10.8. The van der Waals surface area contributed by atoms with E-state index in [1.165, 1.54) is 25.3 Å². The largest absolute Gasteiger partial charge is 0.497 e. The van der Waals surface area contributed by atoms with Crippen LogP contribution in [0.3, 0.4) is 0 Å². The van der Waals surface area contributed by atoms with E-state index in [-0.39, 0.29) is 10.8 Å². The van der Waals surface area contributed by atoms with E-state index < -0.39 is 10.0 Å². The summed E-state index contributed by atoms with van der Waals surface area (Å²) in [5.41, 5.74) is 4.47. The predicted molar refractivity (Wildman–Crippen MR) is 119 cm³/mol. The zero-order chi connectivity index (χ0) is 21.9. The summed E-state index contributed by atoms with van der Waals surface area (Å²) in [6.07, 6.45) is 0. The van der Waals surface area contributed by atoms with Crippen LogP contribution in [0.5, 0.6) is 5.75 Å². The first-order chi connectivity index (χ1) is 14.2. The number of amides is 1. The fourth-order valence-electron chi connectivity index (χ4n) is 3.26. The van der Waals surface area contributed by atoms with Crippen LogP contribution in [0.1, 0.15) is 27.0 Å². The molecule has 3 aromatic rings. The summed E-state index contributed by atoms with van der Waals surface area (Å²) >= 11 is 0. The fraction of sp³-hybridized carbons (Fsp3) is 0.174. The minimum atomic E-state index is -3.80. The molecule has 0 aromatic heterocycles. The van der Waals surface area contributed by atoms with Gasteiger partial charge in [0.2, 0.25) is 0 Å². The molecule has 156 valence electrons.